The van der Waals surface area contributed by atoms with Crippen LogP contribution >= 0.6 is 0 Å². The van der Waals surface area contributed by atoms with Gasteiger partial charge in [-0.2, -0.15) is 0 Å². The maximum absolute atomic E-state index is 8.99. The molecule has 12 heavy (non-hydrogen) atoms. The SMILES string of the molecule is CC1(c2ccncc2)CC1CO. The fourth-order valence-electron chi connectivity index (χ4n) is 1.81. The van der Waals surface area contributed by atoms with Crippen molar-refractivity contribution in [1.29, 1.82) is 0 Å². The van der Waals surface area contributed by atoms with E-state index >= 15 is 0 Å². The molecule has 0 aliphatic heterocycles. The first-order chi connectivity index (χ1) is 5.77. The summed E-state index contributed by atoms with van der Waals surface area (Å²) in [5, 5.41) is 8.99. The molecule has 0 bridgehead atoms. The fourth-order valence-corrected chi connectivity index (χ4v) is 1.81. The first-order valence-electron chi connectivity index (χ1n) is 4.29. The van der Waals surface area contributed by atoms with Gasteiger partial charge in [0, 0.05) is 19.0 Å². The highest BCUT2D eigenvalue weighted by molar-refractivity contribution is 5.30. The van der Waals surface area contributed by atoms with E-state index < -0.39 is 0 Å². The molecule has 2 rings (SSSR count). The van der Waals surface area contributed by atoms with Crippen molar-refractivity contribution in [3.63, 3.8) is 0 Å². The van der Waals surface area contributed by atoms with Crippen LogP contribution < -0.4 is 0 Å². The van der Waals surface area contributed by atoms with Gasteiger partial charge in [-0.3, -0.25) is 4.98 Å². The lowest BCUT2D eigenvalue weighted by atomic mass is 9.97. The Morgan fingerprint density at radius 3 is 2.75 bits per heavy atom. The minimum Gasteiger partial charge on any atom is -0.396 e. The topological polar surface area (TPSA) is 33.1 Å². The van der Waals surface area contributed by atoms with E-state index in [1.165, 1.54) is 5.56 Å². The third-order valence-corrected chi connectivity index (χ3v) is 2.97. The number of rotatable bonds is 2. The minimum absolute atomic E-state index is 0.220. The number of pyridine rings is 1. The lowest BCUT2D eigenvalue weighted by molar-refractivity contribution is 0.265. The molecule has 2 heteroatoms. The van der Waals surface area contributed by atoms with E-state index in [2.05, 4.69) is 11.9 Å². The number of aromatic nitrogens is 1. The molecule has 1 aromatic rings. The summed E-state index contributed by atoms with van der Waals surface area (Å²) in [5.74, 6) is 0.458. The molecule has 1 heterocycles. The zero-order valence-corrected chi connectivity index (χ0v) is 7.20. The smallest absolute Gasteiger partial charge is 0.0468 e. The second kappa shape index (κ2) is 2.56. The summed E-state index contributed by atoms with van der Waals surface area (Å²) in [6, 6.07) is 4.07. The summed E-state index contributed by atoms with van der Waals surface area (Å²) in [6.45, 7) is 2.50. The molecule has 1 aliphatic rings. The average molecular weight is 163 g/mol. The van der Waals surface area contributed by atoms with Crippen molar-refractivity contribution in [2.45, 2.75) is 18.8 Å². The summed E-state index contributed by atoms with van der Waals surface area (Å²) in [4.78, 5) is 3.98. The molecular weight excluding hydrogens is 150 g/mol. The predicted molar refractivity (Wildman–Crippen MR) is 46.8 cm³/mol. The fraction of sp³-hybridized carbons (Fsp3) is 0.500. The second-order valence-corrected chi connectivity index (χ2v) is 3.74. The minimum atomic E-state index is 0.220. The van der Waals surface area contributed by atoms with Crippen LogP contribution in [0.5, 0.6) is 0 Å². The molecule has 2 atom stereocenters. The van der Waals surface area contributed by atoms with Crippen molar-refractivity contribution in [3.05, 3.63) is 30.1 Å². The lowest BCUT2D eigenvalue weighted by Gasteiger charge is -2.09. The monoisotopic (exact) mass is 163 g/mol. The number of aliphatic hydroxyl groups is 1. The van der Waals surface area contributed by atoms with Gasteiger partial charge in [-0.15, -0.1) is 0 Å². The molecule has 0 radical (unpaired) electrons. The summed E-state index contributed by atoms with van der Waals surface area (Å²) >= 11 is 0. The largest absolute Gasteiger partial charge is 0.396 e. The molecule has 1 saturated carbocycles. The molecule has 64 valence electrons. The highest BCUT2D eigenvalue weighted by Crippen LogP contribution is 2.53. The zero-order valence-electron chi connectivity index (χ0n) is 7.20. The van der Waals surface area contributed by atoms with Crippen molar-refractivity contribution in [2.24, 2.45) is 5.92 Å². The van der Waals surface area contributed by atoms with Gasteiger partial charge < -0.3 is 5.11 Å². The maximum Gasteiger partial charge on any atom is 0.0468 e. The Morgan fingerprint density at radius 1 is 1.58 bits per heavy atom. The average Bonchev–Trinajstić information content (AvgIpc) is 2.81. The number of nitrogens with zero attached hydrogens (tertiary/aromatic N) is 1. The van der Waals surface area contributed by atoms with Crippen LogP contribution in [0, 0.1) is 5.92 Å². The highest BCUT2D eigenvalue weighted by atomic mass is 16.3. The highest BCUT2D eigenvalue weighted by Gasteiger charge is 2.50. The molecule has 1 N–H and O–H groups in total. The Kier molecular flexibility index (Phi) is 1.65. The van der Waals surface area contributed by atoms with E-state index in [0.717, 1.165) is 6.42 Å². The second-order valence-electron chi connectivity index (χ2n) is 3.74. The van der Waals surface area contributed by atoms with E-state index in [0.29, 0.717) is 12.5 Å². The Balaban J connectivity index is 2.23. The van der Waals surface area contributed by atoms with Gasteiger partial charge >= 0.3 is 0 Å². The Morgan fingerprint density at radius 2 is 2.25 bits per heavy atom. The molecule has 1 fully saturated rings. The Labute approximate surface area is 72.3 Å². The van der Waals surface area contributed by atoms with Crippen molar-refractivity contribution in [3.8, 4) is 0 Å². The zero-order chi connectivity index (χ0) is 8.60. The van der Waals surface area contributed by atoms with Crippen LogP contribution in [0.25, 0.3) is 0 Å². The molecule has 0 spiro atoms. The quantitative estimate of drug-likeness (QED) is 0.714. The van der Waals surface area contributed by atoms with E-state index in [9.17, 15) is 0 Å². The van der Waals surface area contributed by atoms with Crippen LogP contribution in [0.15, 0.2) is 24.5 Å². The summed E-state index contributed by atoms with van der Waals surface area (Å²) < 4.78 is 0. The van der Waals surface area contributed by atoms with Crippen LogP contribution in [0.3, 0.4) is 0 Å². The maximum atomic E-state index is 8.99. The van der Waals surface area contributed by atoms with Crippen LogP contribution in [-0.4, -0.2) is 16.7 Å². The van der Waals surface area contributed by atoms with Gasteiger partial charge in [0.25, 0.3) is 0 Å². The van der Waals surface area contributed by atoms with E-state index in [4.69, 9.17) is 5.11 Å². The van der Waals surface area contributed by atoms with Gasteiger partial charge in [-0.1, -0.05) is 6.92 Å². The van der Waals surface area contributed by atoms with Crippen molar-refractivity contribution in [1.82, 2.24) is 4.98 Å². The number of aliphatic hydroxyl groups excluding tert-OH is 1. The molecule has 0 amide bonds. The van der Waals surface area contributed by atoms with Crippen LogP contribution in [0.1, 0.15) is 18.9 Å². The summed E-state index contributed by atoms with van der Waals surface area (Å²) in [5.41, 5.74) is 1.52. The summed E-state index contributed by atoms with van der Waals surface area (Å²) in [6.07, 6.45) is 4.73. The molecule has 0 aromatic carbocycles. The van der Waals surface area contributed by atoms with Gasteiger partial charge in [0.1, 0.15) is 0 Å². The molecule has 2 nitrogen and oxygen atoms in total. The van der Waals surface area contributed by atoms with Gasteiger partial charge in [-0.05, 0) is 35.4 Å². The van der Waals surface area contributed by atoms with Crippen LogP contribution in [-0.2, 0) is 5.41 Å². The van der Waals surface area contributed by atoms with Gasteiger partial charge in [-0.25, -0.2) is 0 Å². The van der Waals surface area contributed by atoms with Crippen LogP contribution in [0.2, 0.25) is 0 Å². The number of hydrogen-bond acceptors (Lipinski definition) is 2. The molecule has 1 aromatic heterocycles. The first-order valence-corrected chi connectivity index (χ1v) is 4.29. The lowest BCUT2D eigenvalue weighted by Crippen LogP contribution is -2.06. The van der Waals surface area contributed by atoms with Crippen LogP contribution in [0.4, 0.5) is 0 Å². The number of hydrogen-bond donors (Lipinski definition) is 1. The van der Waals surface area contributed by atoms with Crippen molar-refractivity contribution >= 4 is 0 Å². The Hall–Kier alpha value is -0.890. The van der Waals surface area contributed by atoms with Gasteiger partial charge in [0.05, 0.1) is 0 Å². The third kappa shape index (κ3) is 1.03. The van der Waals surface area contributed by atoms with Crippen molar-refractivity contribution in [2.75, 3.05) is 6.61 Å². The molecular formula is C10H13NO. The molecule has 1 aliphatic carbocycles. The van der Waals surface area contributed by atoms with E-state index in [1.807, 2.05) is 24.5 Å². The normalized spacial score (nSPS) is 33.3. The first kappa shape index (κ1) is 7.74. The van der Waals surface area contributed by atoms with Crippen molar-refractivity contribution < 1.29 is 5.11 Å². The van der Waals surface area contributed by atoms with Gasteiger partial charge in [0.15, 0.2) is 0 Å². The molecule has 0 saturated heterocycles. The van der Waals surface area contributed by atoms with E-state index in [-0.39, 0.29) is 5.41 Å². The Bertz CT molecular complexity index is 272. The predicted octanol–water partition coefficient (Wildman–Crippen LogP) is 1.35. The summed E-state index contributed by atoms with van der Waals surface area (Å²) in [7, 11) is 0. The standard InChI is InChI=1S/C10H13NO/c1-10(6-9(10)7-12)8-2-4-11-5-3-8/h2-5,9,12H,6-7H2,1H3. The third-order valence-electron chi connectivity index (χ3n) is 2.97. The molecule has 2 unspecified atom stereocenters. The van der Waals surface area contributed by atoms with E-state index in [1.54, 1.807) is 0 Å². The van der Waals surface area contributed by atoms with Gasteiger partial charge in [0.2, 0.25) is 0 Å².